The molecule has 3 aromatic rings. The molecule has 182 valence electrons. The number of hydrogen-bond acceptors (Lipinski definition) is 6. The van der Waals surface area contributed by atoms with Crippen molar-refractivity contribution < 1.29 is 19.4 Å². The van der Waals surface area contributed by atoms with E-state index in [0.29, 0.717) is 30.9 Å². The average molecular weight is 482 g/mol. The number of amides is 1. The number of methoxy groups -OCH3 is 1. The zero-order chi connectivity index (χ0) is 25.3. The fourth-order valence-electron chi connectivity index (χ4n) is 4.97. The number of ether oxygens (including phenoxy) is 2. The van der Waals surface area contributed by atoms with Gasteiger partial charge in [-0.3, -0.25) is 4.79 Å². The standard InChI is InChI=1S/C29H27N3O4/c1-4-5-16-28(31-32-28)17-18-36-23-12-8-21(9-13-23)29(20-6-10-22(33)11-7-20)24-14-15-25(35-3)19(2)26(24)30-27(29)34/h1,6-15,33H,5,16-18H2,2-3H3,(H,30,34). The molecule has 2 heterocycles. The Labute approximate surface area is 210 Å². The number of phenolic OH excluding ortho intramolecular Hbond substituents is 1. The van der Waals surface area contributed by atoms with Crippen LogP contribution < -0.4 is 14.8 Å². The van der Waals surface area contributed by atoms with Gasteiger partial charge >= 0.3 is 0 Å². The van der Waals surface area contributed by atoms with E-state index in [-0.39, 0.29) is 17.3 Å². The predicted molar refractivity (Wildman–Crippen MR) is 137 cm³/mol. The van der Waals surface area contributed by atoms with E-state index in [2.05, 4.69) is 21.5 Å². The molecule has 36 heavy (non-hydrogen) atoms. The molecule has 2 aliphatic rings. The van der Waals surface area contributed by atoms with Gasteiger partial charge in [0.2, 0.25) is 5.91 Å². The molecule has 1 unspecified atom stereocenters. The lowest BCUT2D eigenvalue weighted by Crippen LogP contribution is -2.36. The van der Waals surface area contributed by atoms with Crippen molar-refractivity contribution in [3.63, 3.8) is 0 Å². The molecular formula is C29H27N3O4. The molecule has 0 fully saturated rings. The number of terminal acetylenes is 1. The van der Waals surface area contributed by atoms with Crippen LogP contribution in [0, 0.1) is 19.3 Å². The van der Waals surface area contributed by atoms with Crippen molar-refractivity contribution in [2.75, 3.05) is 19.0 Å². The van der Waals surface area contributed by atoms with Crippen molar-refractivity contribution in [3.8, 4) is 29.6 Å². The highest BCUT2D eigenvalue weighted by Crippen LogP contribution is 2.50. The summed E-state index contributed by atoms with van der Waals surface area (Å²) >= 11 is 0. The Morgan fingerprint density at radius 2 is 1.67 bits per heavy atom. The molecular weight excluding hydrogens is 454 g/mol. The lowest BCUT2D eigenvalue weighted by Gasteiger charge is -2.29. The number of aromatic hydroxyl groups is 1. The Hall–Kier alpha value is -4.31. The SMILES string of the molecule is C#CCCC1(CCOc2ccc(C3(c4ccc(O)cc4)C(=O)Nc4c3ccc(OC)c4C)cc2)N=N1. The summed E-state index contributed by atoms with van der Waals surface area (Å²) in [7, 11) is 1.61. The molecule has 7 nitrogen and oxygen atoms in total. The van der Waals surface area contributed by atoms with Gasteiger partial charge in [-0.15, -0.1) is 12.3 Å². The Kier molecular flexibility index (Phi) is 5.89. The minimum atomic E-state index is -1.09. The fraction of sp³-hybridized carbons (Fsp3) is 0.276. The van der Waals surface area contributed by atoms with E-state index in [1.165, 1.54) is 0 Å². The van der Waals surface area contributed by atoms with Gasteiger partial charge in [-0.05, 0) is 48.4 Å². The topological polar surface area (TPSA) is 92.5 Å². The highest BCUT2D eigenvalue weighted by atomic mass is 16.5. The second kappa shape index (κ2) is 9.04. The van der Waals surface area contributed by atoms with Crippen LogP contribution in [0.15, 0.2) is 70.9 Å². The summed E-state index contributed by atoms with van der Waals surface area (Å²) < 4.78 is 11.4. The first-order valence-corrected chi connectivity index (χ1v) is 11.8. The van der Waals surface area contributed by atoms with Gasteiger partial charge in [0.25, 0.3) is 0 Å². The number of fused-ring (bicyclic) bond motifs is 1. The number of carbonyl (C=O) groups excluding carboxylic acids is 1. The molecule has 0 spiro atoms. The molecule has 0 aromatic heterocycles. The Morgan fingerprint density at radius 1 is 1.00 bits per heavy atom. The van der Waals surface area contributed by atoms with Crippen molar-refractivity contribution in [1.29, 1.82) is 0 Å². The first-order chi connectivity index (χ1) is 17.4. The molecule has 0 bridgehead atoms. The molecule has 1 atom stereocenters. The molecule has 1 amide bonds. The summed E-state index contributed by atoms with van der Waals surface area (Å²) in [5.41, 5.74) is 2.49. The van der Waals surface area contributed by atoms with E-state index < -0.39 is 5.41 Å². The monoisotopic (exact) mass is 481 g/mol. The second-order valence-electron chi connectivity index (χ2n) is 9.08. The first kappa shape index (κ1) is 23.4. The van der Waals surface area contributed by atoms with Crippen LogP contribution in [-0.2, 0) is 10.2 Å². The number of benzene rings is 3. The van der Waals surface area contributed by atoms with Gasteiger partial charge in [0, 0.05) is 30.4 Å². The molecule has 2 aliphatic heterocycles. The summed E-state index contributed by atoms with van der Waals surface area (Å²) in [5, 5.41) is 21.3. The molecule has 7 heteroatoms. The smallest absolute Gasteiger partial charge is 0.244 e. The van der Waals surface area contributed by atoms with Crippen LogP contribution in [0.25, 0.3) is 0 Å². The van der Waals surface area contributed by atoms with Crippen LogP contribution in [0.2, 0.25) is 0 Å². The summed E-state index contributed by atoms with van der Waals surface area (Å²) in [5.74, 6) is 3.99. The second-order valence-corrected chi connectivity index (χ2v) is 9.08. The van der Waals surface area contributed by atoms with E-state index in [1.807, 2.05) is 43.3 Å². The van der Waals surface area contributed by atoms with Gasteiger partial charge in [0.05, 0.1) is 19.4 Å². The normalized spacial score (nSPS) is 18.8. The zero-order valence-electron chi connectivity index (χ0n) is 20.2. The summed E-state index contributed by atoms with van der Waals surface area (Å²) in [6, 6.07) is 18.1. The highest BCUT2D eigenvalue weighted by Gasteiger charge is 2.50. The number of carbonyl (C=O) groups is 1. The van der Waals surface area contributed by atoms with Gasteiger partial charge in [0.1, 0.15) is 22.7 Å². The van der Waals surface area contributed by atoms with Crippen molar-refractivity contribution in [1.82, 2.24) is 0 Å². The third-order valence-electron chi connectivity index (χ3n) is 7.03. The van der Waals surface area contributed by atoms with Crippen LogP contribution in [0.4, 0.5) is 5.69 Å². The van der Waals surface area contributed by atoms with Crippen molar-refractivity contribution in [2.45, 2.75) is 37.3 Å². The number of phenols is 1. The maximum absolute atomic E-state index is 13.8. The molecule has 0 saturated heterocycles. The molecule has 2 N–H and O–H groups in total. The highest BCUT2D eigenvalue weighted by molar-refractivity contribution is 6.12. The van der Waals surface area contributed by atoms with Crippen molar-refractivity contribution in [3.05, 3.63) is 82.9 Å². The third kappa shape index (κ3) is 3.85. The van der Waals surface area contributed by atoms with E-state index in [4.69, 9.17) is 15.9 Å². The largest absolute Gasteiger partial charge is 0.508 e. The molecule has 0 aliphatic carbocycles. The fourth-order valence-corrected chi connectivity index (χ4v) is 4.97. The van der Waals surface area contributed by atoms with Gasteiger partial charge < -0.3 is 19.9 Å². The Morgan fingerprint density at radius 3 is 2.28 bits per heavy atom. The summed E-state index contributed by atoms with van der Waals surface area (Å²) in [4.78, 5) is 13.8. The number of hydrogen-bond donors (Lipinski definition) is 2. The van der Waals surface area contributed by atoms with E-state index in [1.54, 1.807) is 31.4 Å². The van der Waals surface area contributed by atoms with E-state index in [9.17, 15) is 9.90 Å². The summed E-state index contributed by atoms with van der Waals surface area (Å²) in [6.07, 6.45) is 7.40. The molecule has 3 aromatic carbocycles. The average Bonchev–Trinajstić information content (AvgIpc) is 3.59. The van der Waals surface area contributed by atoms with Gasteiger partial charge in [0.15, 0.2) is 5.66 Å². The minimum Gasteiger partial charge on any atom is -0.508 e. The summed E-state index contributed by atoms with van der Waals surface area (Å²) in [6.45, 7) is 2.39. The Bertz CT molecular complexity index is 1370. The number of nitrogens with zero attached hydrogens (tertiary/aromatic N) is 2. The molecule has 0 radical (unpaired) electrons. The van der Waals surface area contributed by atoms with Crippen LogP contribution in [0.1, 0.15) is 41.5 Å². The van der Waals surface area contributed by atoms with E-state index in [0.717, 1.165) is 34.4 Å². The number of nitrogens with one attached hydrogen (secondary N) is 1. The number of rotatable bonds is 9. The third-order valence-corrected chi connectivity index (χ3v) is 7.03. The first-order valence-electron chi connectivity index (χ1n) is 11.8. The van der Waals surface area contributed by atoms with Crippen LogP contribution >= 0.6 is 0 Å². The lowest BCUT2D eigenvalue weighted by molar-refractivity contribution is -0.118. The maximum atomic E-state index is 13.8. The number of anilines is 1. The quantitative estimate of drug-likeness (QED) is 0.404. The predicted octanol–water partition coefficient (Wildman–Crippen LogP) is 5.34. The van der Waals surface area contributed by atoms with Gasteiger partial charge in [-0.25, -0.2) is 0 Å². The van der Waals surface area contributed by atoms with Gasteiger partial charge in [-0.1, -0.05) is 30.3 Å². The maximum Gasteiger partial charge on any atom is 0.244 e. The minimum absolute atomic E-state index is 0.135. The van der Waals surface area contributed by atoms with Crippen LogP contribution in [0.5, 0.6) is 17.2 Å². The van der Waals surface area contributed by atoms with E-state index >= 15 is 0 Å². The van der Waals surface area contributed by atoms with Crippen LogP contribution in [0.3, 0.4) is 0 Å². The van der Waals surface area contributed by atoms with Crippen molar-refractivity contribution >= 4 is 11.6 Å². The zero-order valence-corrected chi connectivity index (χ0v) is 20.2. The van der Waals surface area contributed by atoms with Crippen molar-refractivity contribution in [2.24, 2.45) is 10.2 Å². The Balaban J connectivity index is 1.48. The van der Waals surface area contributed by atoms with Gasteiger partial charge in [-0.2, -0.15) is 10.2 Å². The van der Waals surface area contributed by atoms with Crippen LogP contribution in [-0.4, -0.2) is 30.4 Å². The molecule has 5 rings (SSSR count). The lowest BCUT2D eigenvalue weighted by atomic mass is 9.70. The molecule has 0 saturated carbocycles.